The third kappa shape index (κ3) is 3.19. The Morgan fingerprint density at radius 3 is 2.78 bits per heavy atom. The molecule has 0 spiro atoms. The molecule has 0 fully saturated rings. The maximum atomic E-state index is 11.0. The van der Waals surface area contributed by atoms with E-state index in [1.165, 1.54) is 4.68 Å². The molecule has 0 aliphatic carbocycles. The number of hydrogen-bond donors (Lipinski definition) is 2. The van der Waals surface area contributed by atoms with Crippen LogP contribution in [0.25, 0.3) is 0 Å². The molecule has 0 aliphatic heterocycles. The predicted octanol–water partition coefficient (Wildman–Crippen LogP) is 1.46. The van der Waals surface area contributed by atoms with Crippen molar-refractivity contribution in [3.8, 4) is 0 Å². The SMILES string of the molecule is CCC(CCO)CNc1c([N+](=O)[O-])c(C)nn1C. The fraction of sp³-hybridized carbons (Fsp3) is 0.727. The second-order valence-corrected chi connectivity index (χ2v) is 4.33. The average molecular weight is 256 g/mol. The Balaban J connectivity index is 2.81. The first kappa shape index (κ1) is 14.4. The lowest BCUT2D eigenvalue weighted by molar-refractivity contribution is -0.384. The Morgan fingerprint density at radius 1 is 1.61 bits per heavy atom. The maximum Gasteiger partial charge on any atom is 0.333 e. The molecule has 1 aromatic rings. The van der Waals surface area contributed by atoms with Gasteiger partial charge < -0.3 is 10.4 Å². The molecule has 0 saturated carbocycles. The van der Waals surface area contributed by atoms with E-state index in [1.807, 2.05) is 6.92 Å². The number of nitrogens with one attached hydrogen (secondary N) is 1. The van der Waals surface area contributed by atoms with Crippen LogP contribution in [-0.4, -0.2) is 33.0 Å². The molecule has 7 heteroatoms. The molecule has 1 rings (SSSR count). The normalized spacial score (nSPS) is 12.4. The van der Waals surface area contributed by atoms with Crippen LogP contribution >= 0.6 is 0 Å². The van der Waals surface area contributed by atoms with E-state index < -0.39 is 4.92 Å². The number of nitro groups is 1. The number of nitrogens with zero attached hydrogens (tertiary/aromatic N) is 3. The molecule has 0 saturated heterocycles. The van der Waals surface area contributed by atoms with Gasteiger partial charge in [0.1, 0.15) is 5.69 Å². The summed E-state index contributed by atoms with van der Waals surface area (Å²) in [5.74, 6) is 0.721. The molecule has 7 nitrogen and oxygen atoms in total. The second-order valence-electron chi connectivity index (χ2n) is 4.33. The lowest BCUT2D eigenvalue weighted by atomic mass is 10.0. The third-order valence-corrected chi connectivity index (χ3v) is 3.05. The largest absolute Gasteiger partial charge is 0.396 e. The summed E-state index contributed by atoms with van der Waals surface area (Å²) in [4.78, 5) is 10.5. The average Bonchev–Trinajstić information content (AvgIpc) is 2.59. The van der Waals surface area contributed by atoms with E-state index in [0.717, 1.165) is 6.42 Å². The molecule has 102 valence electrons. The first-order valence-electron chi connectivity index (χ1n) is 6.03. The highest BCUT2D eigenvalue weighted by atomic mass is 16.6. The maximum absolute atomic E-state index is 11.0. The Kier molecular flexibility index (Phi) is 5.08. The minimum Gasteiger partial charge on any atom is -0.396 e. The highest BCUT2D eigenvalue weighted by molar-refractivity contribution is 5.59. The van der Waals surface area contributed by atoms with E-state index in [0.29, 0.717) is 30.4 Å². The van der Waals surface area contributed by atoms with Gasteiger partial charge in [0.2, 0.25) is 5.82 Å². The first-order valence-corrected chi connectivity index (χ1v) is 6.03. The van der Waals surface area contributed by atoms with Crippen molar-refractivity contribution < 1.29 is 10.0 Å². The Labute approximate surface area is 106 Å². The van der Waals surface area contributed by atoms with Crippen LogP contribution in [0.2, 0.25) is 0 Å². The lowest BCUT2D eigenvalue weighted by Crippen LogP contribution is -2.17. The van der Waals surface area contributed by atoms with E-state index in [9.17, 15) is 10.1 Å². The second kappa shape index (κ2) is 6.34. The van der Waals surface area contributed by atoms with Crippen molar-refractivity contribution in [1.82, 2.24) is 9.78 Å². The number of aromatic nitrogens is 2. The van der Waals surface area contributed by atoms with Gasteiger partial charge in [0.05, 0.1) is 4.92 Å². The van der Waals surface area contributed by atoms with Gasteiger partial charge in [0, 0.05) is 20.2 Å². The van der Waals surface area contributed by atoms with Crippen LogP contribution in [-0.2, 0) is 7.05 Å². The molecule has 0 aromatic carbocycles. The van der Waals surface area contributed by atoms with Gasteiger partial charge in [0.25, 0.3) is 0 Å². The van der Waals surface area contributed by atoms with Crippen LogP contribution in [0.5, 0.6) is 0 Å². The minimum atomic E-state index is -0.419. The van der Waals surface area contributed by atoms with E-state index >= 15 is 0 Å². The van der Waals surface area contributed by atoms with Gasteiger partial charge >= 0.3 is 5.69 Å². The summed E-state index contributed by atoms with van der Waals surface area (Å²) < 4.78 is 1.49. The van der Waals surface area contributed by atoms with Crippen LogP contribution in [0, 0.1) is 23.0 Å². The van der Waals surface area contributed by atoms with Crippen molar-refractivity contribution >= 4 is 11.5 Å². The summed E-state index contributed by atoms with van der Waals surface area (Å²) >= 11 is 0. The zero-order chi connectivity index (χ0) is 13.7. The summed E-state index contributed by atoms with van der Waals surface area (Å²) in [5, 5.41) is 27.0. The Bertz CT molecular complexity index is 417. The lowest BCUT2D eigenvalue weighted by Gasteiger charge is -2.14. The van der Waals surface area contributed by atoms with Gasteiger partial charge in [-0.1, -0.05) is 13.3 Å². The molecule has 0 amide bonds. The van der Waals surface area contributed by atoms with Crippen LogP contribution in [0.15, 0.2) is 0 Å². The minimum absolute atomic E-state index is 0.0244. The smallest absolute Gasteiger partial charge is 0.333 e. The van der Waals surface area contributed by atoms with Gasteiger partial charge in [-0.05, 0) is 19.3 Å². The van der Waals surface area contributed by atoms with Gasteiger partial charge in [0.15, 0.2) is 0 Å². The van der Waals surface area contributed by atoms with Crippen LogP contribution in [0.4, 0.5) is 11.5 Å². The van der Waals surface area contributed by atoms with Gasteiger partial charge in [-0.2, -0.15) is 5.10 Å². The first-order chi connectivity index (χ1) is 8.51. The summed E-state index contributed by atoms with van der Waals surface area (Å²) in [6, 6.07) is 0. The molecule has 2 N–H and O–H groups in total. The quantitative estimate of drug-likeness (QED) is 0.569. The predicted molar refractivity (Wildman–Crippen MR) is 68.6 cm³/mol. The van der Waals surface area contributed by atoms with Crippen molar-refractivity contribution in [2.24, 2.45) is 13.0 Å². The highest BCUT2D eigenvalue weighted by Crippen LogP contribution is 2.27. The molecule has 1 unspecified atom stereocenters. The van der Waals surface area contributed by atoms with Crippen LogP contribution in [0.3, 0.4) is 0 Å². The summed E-state index contributed by atoms with van der Waals surface area (Å²) in [5.41, 5.74) is 0.427. The summed E-state index contributed by atoms with van der Waals surface area (Å²) in [7, 11) is 1.68. The number of aryl methyl sites for hydroxylation is 2. The van der Waals surface area contributed by atoms with E-state index in [4.69, 9.17) is 5.11 Å². The molecule has 0 aliphatic rings. The molecule has 0 radical (unpaired) electrons. The van der Waals surface area contributed by atoms with Crippen molar-refractivity contribution in [2.45, 2.75) is 26.7 Å². The van der Waals surface area contributed by atoms with Crippen LogP contribution in [0.1, 0.15) is 25.5 Å². The summed E-state index contributed by atoms with van der Waals surface area (Å²) in [6.45, 7) is 4.38. The molecule has 0 bridgehead atoms. The highest BCUT2D eigenvalue weighted by Gasteiger charge is 2.24. The van der Waals surface area contributed by atoms with Gasteiger partial charge in [-0.15, -0.1) is 0 Å². The zero-order valence-corrected chi connectivity index (χ0v) is 11.0. The number of hydrogen-bond acceptors (Lipinski definition) is 5. The molecular formula is C11H20N4O3. The van der Waals surface area contributed by atoms with Crippen molar-refractivity contribution in [3.05, 3.63) is 15.8 Å². The third-order valence-electron chi connectivity index (χ3n) is 3.05. The monoisotopic (exact) mass is 256 g/mol. The number of aliphatic hydroxyl groups is 1. The van der Waals surface area contributed by atoms with Crippen molar-refractivity contribution in [1.29, 1.82) is 0 Å². The van der Waals surface area contributed by atoms with E-state index in [-0.39, 0.29) is 12.3 Å². The Hall–Kier alpha value is -1.63. The summed E-state index contributed by atoms with van der Waals surface area (Å²) in [6.07, 6.45) is 1.60. The molecule has 1 aromatic heterocycles. The Morgan fingerprint density at radius 2 is 2.28 bits per heavy atom. The molecule has 18 heavy (non-hydrogen) atoms. The van der Waals surface area contributed by atoms with Crippen molar-refractivity contribution in [3.63, 3.8) is 0 Å². The fourth-order valence-corrected chi connectivity index (χ4v) is 1.94. The van der Waals surface area contributed by atoms with Gasteiger partial charge in [-0.3, -0.25) is 10.1 Å². The number of anilines is 1. The van der Waals surface area contributed by atoms with Crippen LogP contribution < -0.4 is 5.32 Å². The molecule has 1 heterocycles. The number of aliphatic hydroxyl groups excluding tert-OH is 1. The standard InChI is InChI=1S/C11H20N4O3/c1-4-9(5-6-16)7-12-11-10(15(17)18)8(2)13-14(11)3/h9,12,16H,4-7H2,1-3H3. The van der Waals surface area contributed by atoms with E-state index in [1.54, 1.807) is 14.0 Å². The topological polar surface area (TPSA) is 93.2 Å². The fourth-order valence-electron chi connectivity index (χ4n) is 1.94. The van der Waals surface area contributed by atoms with E-state index in [2.05, 4.69) is 10.4 Å². The number of rotatable bonds is 7. The molecular weight excluding hydrogens is 236 g/mol. The molecule has 1 atom stereocenters. The van der Waals surface area contributed by atoms with Crippen molar-refractivity contribution in [2.75, 3.05) is 18.5 Å². The van der Waals surface area contributed by atoms with Gasteiger partial charge in [-0.25, -0.2) is 4.68 Å². The zero-order valence-electron chi connectivity index (χ0n) is 11.0.